The lowest BCUT2D eigenvalue weighted by atomic mass is 10.00. The van der Waals surface area contributed by atoms with Crippen LogP contribution in [0.4, 0.5) is 4.39 Å². The average Bonchev–Trinajstić information content (AvgIpc) is 3.22. The summed E-state index contributed by atoms with van der Waals surface area (Å²) in [5, 5.41) is 13.2. The van der Waals surface area contributed by atoms with E-state index >= 15 is 0 Å². The van der Waals surface area contributed by atoms with Gasteiger partial charge in [0.1, 0.15) is 23.2 Å². The van der Waals surface area contributed by atoms with Crippen LogP contribution in [0.1, 0.15) is 17.1 Å². The van der Waals surface area contributed by atoms with Crippen LogP contribution in [0, 0.1) is 24.1 Å². The fourth-order valence-corrected chi connectivity index (χ4v) is 2.93. The number of rotatable bonds is 5. The van der Waals surface area contributed by atoms with Crippen LogP contribution in [-0.2, 0) is 6.61 Å². The second kappa shape index (κ2) is 8.01. The second-order valence-corrected chi connectivity index (χ2v) is 6.51. The van der Waals surface area contributed by atoms with Crippen molar-refractivity contribution in [2.24, 2.45) is 0 Å². The molecule has 1 N–H and O–H groups in total. The van der Waals surface area contributed by atoms with Crippen molar-refractivity contribution in [2.45, 2.75) is 13.5 Å². The minimum atomic E-state index is -0.416. The van der Waals surface area contributed by atoms with Crippen molar-refractivity contribution in [2.75, 3.05) is 0 Å². The minimum Gasteiger partial charge on any atom is -0.484 e. The first-order valence-electron chi connectivity index (χ1n) is 8.99. The number of ether oxygens (including phenoxy) is 1. The van der Waals surface area contributed by atoms with E-state index in [-0.39, 0.29) is 23.9 Å². The number of aromatic amines is 1. The topological polar surface area (TPSA) is 105 Å². The molecule has 0 atom stereocenters. The Morgan fingerprint density at radius 3 is 2.53 bits per heavy atom. The number of nitriles is 1. The van der Waals surface area contributed by atoms with Crippen molar-refractivity contribution in [1.29, 1.82) is 5.26 Å². The van der Waals surface area contributed by atoms with E-state index in [0.717, 1.165) is 5.56 Å². The zero-order valence-electron chi connectivity index (χ0n) is 15.8. The molecule has 30 heavy (non-hydrogen) atoms. The van der Waals surface area contributed by atoms with Gasteiger partial charge in [-0.05, 0) is 42.8 Å². The Hall–Kier alpha value is -4.25. The van der Waals surface area contributed by atoms with Crippen LogP contribution in [0.15, 0.2) is 63.9 Å². The molecule has 4 aromatic rings. The maximum atomic E-state index is 12.9. The number of aryl methyl sites for hydroxylation is 1. The van der Waals surface area contributed by atoms with Gasteiger partial charge in [-0.15, -0.1) is 0 Å². The van der Waals surface area contributed by atoms with Crippen LogP contribution in [0.2, 0.25) is 0 Å². The normalized spacial score (nSPS) is 10.6. The standard InChI is InChI=1S/C22H15FN4O3/c1-13-10-18(19(11-24)22(28)25-13)14-2-4-15(5-3-14)21-26-20(30-27-21)12-29-17-8-6-16(23)7-9-17/h2-10H,12H2,1H3,(H,25,28). The minimum absolute atomic E-state index is 0.0499. The van der Waals surface area contributed by atoms with Gasteiger partial charge in [0.05, 0.1) is 0 Å². The van der Waals surface area contributed by atoms with Gasteiger partial charge in [-0.1, -0.05) is 29.4 Å². The molecule has 0 aliphatic rings. The van der Waals surface area contributed by atoms with Crippen molar-refractivity contribution in [1.82, 2.24) is 15.1 Å². The van der Waals surface area contributed by atoms with Crippen molar-refractivity contribution in [3.05, 3.63) is 87.9 Å². The van der Waals surface area contributed by atoms with E-state index < -0.39 is 5.56 Å². The van der Waals surface area contributed by atoms with E-state index in [4.69, 9.17) is 9.26 Å². The highest BCUT2D eigenvalue weighted by Crippen LogP contribution is 2.25. The number of nitrogens with zero attached hydrogens (tertiary/aromatic N) is 3. The highest BCUT2D eigenvalue weighted by atomic mass is 19.1. The number of nitrogens with one attached hydrogen (secondary N) is 1. The predicted octanol–water partition coefficient (Wildman–Crippen LogP) is 3.99. The van der Waals surface area contributed by atoms with Crippen molar-refractivity contribution < 1.29 is 13.7 Å². The summed E-state index contributed by atoms with van der Waals surface area (Å²) < 4.78 is 23.6. The maximum Gasteiger partial charge on any atom is 0.266 e. The number of hydrogen-bond donors (Lipinski definition) is 1. The molecular formula is C22H15FN4O3. The molecule has 0 radical (unpaired) electrons. The maximum absolute atomic E-state index is 12.9. The highest BCUT2D eigenvalue weighted by molar-refractivity contribution is 5.72. The number of aromatic nitrogens is 3. The summed E-state index contributed by atoms with van der Waals surface area (Å²) >= 11 is 0. The first-order chi connectivity index (χ1) is 14.5. The molecule has 2 aromatic heterocycles. The molecule has 0 aliphatic heterocycles. The number of benzene rings is 2. The van der Waals surface area contributed by atoms with Crippen molar-refractivity contribution in [3.8, 4) is 34.3 Å². The van der Waals surface area contributed by atoms with E-state index in [0.29, 0.717) is 28.4 Å². The van der Waals surface area contributed by atoms with E-state index in [2.05, 4.69) is 15.1 Å². The van der Waals surface area contributed by atoms with Gasteiger partial charge < -0.3 is 14.2 Å². The Morgan fingerprint density at radius 2 is 1.83 bits per heavy atom. The smallest absolute Gasteiger partial charge is 0.266 e. The van der Waals surface area contributed by atoms with Crippen LogP contribution in [0.5, 0.6) is 5.75 Å². The molecular weight excluding hydrogens is 387 g/mol. The van der Waals surface area contributed by atoms with Gasteiger partial charge in [0.25, 0.3) is 11.4 Å². The Labute approximate surface area is 170 Å². The highest BCUT2D eigenvalue weighted by Gasteiger charge is 2.13. The Bertz CT molecular complexity index is 1290. The van der Waals surface area contributed by atoms with Gasteiger partial charge in [-0.2, -0.15) is 10.2 Å². The lowest BCUT2D eigenvalue weighted by Crippen LogP contribution is -2.12. The van der Waals surface area contributed by atoms with Gasteiger partial charge in [-0.25, -0.2) is 4.39 Å². The average molecular weight is 402 g/mol. The van der Waals surface area contributed by atoms with Crippen LogP contribution in [-0.4, -0.2) is 15.1 Å². The summed E-state index contributed by atoms with van der Waals surface area (Å²) in [6, 6.07) is 16.5. The third-order valence-corrected chi connectivity index (χ3v) is 4.38. The summed E-state index contributed by atoms with van der Waals surface area (Å²) in [7, 11) is 0. The molecule has 8 heteroatoms. The van der Waals surface area contributed by atoms with Crippen LogP contribution in [0.3, 0.4) is 0 Å². The van der Waals surface area contributed by atoms with Crippen LogP contribution >= 0.6 is 0 Å². The van der Waals surface area contributed by atoms with Crippen LogP contribution in [0.25, 0.3) is 22.5 Å². The quantitative estimate of drug-likeness (QED) is 0.541. The molecule has 2 heterocycles. The summed E-state index contributed by atoms with van der Waals surface area (Å²) in [4.78, 5) is 18.9. The molecule has 0 unspecified atom stereocenters. The Balaban J connectivity index is 1.52. The van der Waals surface area contributed by atoms with E-state index in [1.807, 2.05) is 6.07 Å². The number of halogens is 1. The van der Waals surface area contributed by atoms with Gasteiger partial charge in [-0.3, -0.25) is 4.79 Å². The molecule has 148 valence electrons. The Kier molecular flexibility index (Phi) is 5.09. The molecule has 0 amide bonds. The van der Waals surface area contributed by atoms with E-state index in [1.54, 1.807) is 37.3 Å². The third kappa shape index (κ3) is 3.95. The summed E-state index contributed by atoms with van der Waals surface area (Å²) in [6.45, 7) is 1.81. The second-order valence-electron chi connectivity index (χ2n) is 6.51. The van der Waals surface area contributed by atoms with E-state index in [1.165, 1.54) is 24.3 Å². The first kappa shape index (κ1) is 19.1. The van der Waals surface area contributed by atoms with Crippen molar-refractivity contribution >= 4 is 0 Å². The summed E-state index contributed by atoms with van der Waals surface area (Å²) in [5.41, 5.74) is 2.31. The number of hydrogen-bond acceptors (Lipinski definition) is 6. The monoisotopic (exact) mass is 402 g/mol. The molecule has 4 rings (SSSR count). The molecule has 0 saturated carbocycles. The zero-order chi connectivity index (χ0) is 21.1. The summed E-state index contributed by atoms with van der Waals surface area (Å²) in [6.07, 6.45) is 0. The molecule has 0 bridgehead atoms. The number of H-pyrrole nitrogens is 1. The fraction of sp³-hybridized carbons (Fsp3) is 0.0909. The molecule has 7 nitrogen and oxygen atoms in total. The van der Waals surface area contributed by atoms with Gasteiger partial charge in [0.15, 0.2) is 6.61 Å². The molecule has 0 spiro atoms. The molecule has 2 aromatic carbocycles. The molecule has 0 saturated heterocycles. The van der Waals surface area contributed by atoms with Crippen LogP contribution < -0.4 is 10.3 Å². The SMILES string of the molecule is Cc1cc(-c2ccc(-c3noc(COc4ccc(F)cc4)n3)cc2)c(C#N)c(=O)[nH]1. The Morgan fingerprint density at radius 1 is 1.13 bits per heavy atom. The largest absolute Gasteiger partial charge is 0.484 e. The summed E-state index contributed by atoms with van der Waals surface area (Å²) in [5.74, 6) is 0.794. The van der Waals surface area contributed by atoms with Crippen molar-refractivity contribution in [3.63, 3.8) is 0 Å². The fourth-order valence-electron chi connectivity index (χ4n) is 2.93. The lowest BCUT2D eigenvalue weighted by Gasteiger charge is -2.06. The molecule has 0 aliphatic carbocycles. The lowest BCUT2D eigenvalue weighted by molar-refractivity contribution is 0.242. The molecule has 0 fully saturated rings. The zero-order valence-corrected chi connectivity index (χ0v) is 15.8. The third-order valence-electron chi connectivity index (χ3n) is 4.38. The van der Waals surface area contributed by atoms with Gasteiger partial charge in [0.2, 0.25) is 5.82 Å². The first-order valence-corrected chi connectivity index (χ1v) is 8.99. The van der Waals surface area contributed by atoms with Gasteiger partial charge in [0, 0.05) is 16.8 Å². The van der Waals surface area contributed by atoms with Gasteiger partial charge >= 0.3 is 0 Å². The predicted molar refractivity (Wildman–Crippen MR) is 106 cm³/mol. The van der Waals surface area contributed by atoms with E-state index in [9.17, 15) is 14.4 Å². The number of pyridine rings is 1.